The number of hydrogen-bond donors (Lipinski definition) is 1. The molecular formula is C17H12FN3O3. The van der Waals surface area contributed by atoms with Crippen LogP contribution in [0.3, 0.4) is 0 Å². The maximum atomic E-state index is 14.4. The summed E-state index contributed by atoms with van der Waals surface area (Å²) in [4.78, 5) is 24.4. The first kappa shape index (κ1) is 15.5. The van der Waals surface area contributed by atoms with Crippen LogP contribution in [-0.2, 0) is 4.74 Å². The fourth-order valence-corrected chi connectivity index (χ4v) is 2.46. The van der Waals surface area contributed by atoms with Gasteiger partial charge in [-0.1, -0.05) is 12.1 Å². The van der Waals surface area contributed by atoms with Crippen LogP contribution in [0.15, 0.2) is 42.5 Å². The Morgan fingerprint density at radius 3 is 2.58 bits per heavy atom. The molecule has 1 aliphatic heterocycles. The Bertz CT molecular complexity index is 843. The molecule has 1 fully saturated rings. The van der Waals surface area contributed by atoms with E-state index in [1.165, 1.54) is 23.1 Å². The molecule has 0 unspecified atom stereocenters. The van der Waals surface area contributed by atoms with Gasteiger partial charge in [0.2, 0.25) is 0 Å². The summed E-state index contributed by atoms with van der Waals surface area (Å²) < 4.78 is 19.2. The summed E-state index contributed by atoms with van der Waals surface area (Å²) in [5.74, 6) is -1.01. The van der Waals surface area contributed by atoms with Gasteiger partial charge in [0, 0.05) is 11.1 Å². The number of carbonyl (C=O) groups excluding carboxylic acids is 2. The van der Waals surface area contributed by atoms with Crippen LogP contribution in [-0.4, -0.2) is 25.2 Å². The van der Waals surface area contributed by atoms with Crippen LogP contribution < -0.4 is 10.2 Å². The number of nitrogens with zero attached hydrogens (tertiary/aromatic N) is 2. The van der Waals surface area contributed by atoms with Crippen LogP contribution >= 0.6 is 0 Å². The first-order valence-electron chi connectivity index (χ1n) is 7.14. The molecule has 24 heavy (non-hydrogen) atoms. The molecule has 2 amide bonds. The maximum Gasteiger partial charge on any atom is 0.414 e. The number of carbonyl (C=O) groups is 2. The number of cyclic esters (lactones) is 1. The van der Waals surface area contributed by atoms with Crippen molar-refractivity contribution in [2.24, 2.45) is 0 Å². The van der Waals surface area contributed by atoms with E-state index in [9.17, 15) is 14.0 Å². The molecule has 0 spiro atoms. The van der Waals surface area contributed by atoms with Crippen LogP contribution in [0.2, 0.25) is 0 Å². The number of nitriles is 1. The molecule has 0 aromatic heterocycles. The lowest BCUT2D eigenvalue weighted by atomic mass is 10.0. The second kappa shape index (κ2) is 6.38. The molecule has 0 radical (unpaired) electrons. The molecule has 6 nitrogen and oxygen atoms in total. The van der Waals surface area contributed by atoms with Gasteiger partial charge in [-0.3, -0.25) is 15.0 Å². The topological polar surface area (TPSA) is 82.4 Å². The highest BCUT2D eigenvalue weighted by Crippen LogP contribution is 2.28. The lowest BCUT2D eigenvalue weighted by Crippen LogP contribution is -2.23. The summed E-state index contributed by atoms with van der Waals surface area (Å²) in [6.07, 6.45) is 1.07. The van der Waals surface area contributed by atoms with Gasteiger partial charge in [-0.25, -0.2) is 9.18 Å². The van der Waals surface area contributed by atoms with Gasteiger partial charge in [-0.05, 0) is 35.9 Å². The van der Waals surface area contributed by atoms with Crippen molar-refractivity contribution in [3.8, 4) is 17.3 Å². The second-order valence-electron chi connectivity index (χ2n) is 5.07. The molecule has 1 saturated heterocycles. The zero-order chi connectivity index (χ0) is 17.1. The van der Waals surface area contributed by atoms with E-state index in [1.807, 2.05) is 5.32 Å². The average molecular weight is 325 g/mol. The van der Waals surface area contributed by atoms with Crippen molar-refractivity contribution in [1.82, 2.24) is 5.32 Å². The Morgan fingerprint density at radius 2 is 2.00 bits per heavy atom. The van der Waals surface area contributed by atoms with Crippen LogP contribution in [0.1, 0.15) is 10.4 Å². The smallest absolute Gasteiger partial charge is 0.414 e. The molecule has 1 heterocycles. The van der Waals surface area contributed by atoms with E-state index < -0.39 is 17.8 Å². The summed E-state index contributed by atoms with van der Waals surface area (Å²) in [5, 5.41) is 10.5. The van der Waals surface area contributed by atoms with Crippen molar-refractivity contribution in [2.45, 2.75) is 0 Å². The molecule has 1 aliphatic rings. The Balaban J connectivity index is 1.86. The fourth-order valence-electron chi connectivity index (χ4n) is 2.46. The monoisotopic (exact) mass is 325 g/mol. The number of nitrogens with one attached hydrogen (secondary N) is 1. The highest BCUT2D eigenvalue weighted by Gasteiger charge is 2.24. The van der Waals surface area contributed by atoms with Gasteiger partial charge in [-0.2, -0.15) is 5.26 Å². The van der Waals surface area contributed by atoms with Gasteiger partial charge in [0.15, 0.2) is 6.19 Å². The minimum atomic E-state index is -0.521. The number of halogens is 1. The van der Waals surface area contributed by atoms with Crippen LogP contribution in [0.4, 0.5) is 14.9 Å². The molecule has 2 aromatic rings. The zero-order valence-corrected chi connectivity index (χ0v) is 12.5. The SMILES string of the molecule is N#CNC(=O)c1ccc(-c2ccc(N3CCOC3=O)cc2F)cc1. The van der Waals surface area contributed by atoms with Crippen molar-refractivity contribution in [1.29, 1.82) is 5.26 Å². The summed E-state index contributed by atoms with van der Waals surface area (Å²) >= 11 is 0. The van der Waals surface area contributed by atoms with Gasteiger partial charge < -0.3 is 4.74 Å². The van der Waals surface area contributed by atoms with Crippen molar-refractivity contribution in [3.05, 3.63) is 53.8 Å². The molecule has 120 valence electrons. The highest BCUT2D eigenvalue weighted by molar-refractivity contribution is 5.95. The molecule has 1 N–H and O–H groups in total. The summed E-state index contributed by atoms with van der Waals surface area (Å²) in [5.41, 5.74) is 1.66. The molecular weight excluding hydrogens is 313 g/mol. The Labute approximate surface area is 137 Å². The minimum absolute atomic E-state index is 0.286. The summed E-state index contributed by atoms with van der Waals surface area (Å²) in [7, 11) is 0. The first-order chi connectivity index (χ1) is 11.6. The van der Waals surface area contributed by atoms with Crippen LogP contribution in [0.25, 0.3) is 11.1 Å². The lowest BCUT2D eigenvalue weighted by Gasteiger charge is -2.14. The number of hydrogen-bond acceptors (Lipinski definition) is 4. The molecule has 0 atom stereocenters. The highest BCUT2D eigenvalue weighted by atomic mass is 19.1. The first-order valence-corrected chi connectivity index (χ1v) is 7.14. The Kier molecular flexibility index (Phi) is 4.12. The number of benzene rings is 2. The predicted octanol–water partition coefficient (Wildman–Crippen LogP) is 2.66. The Hall–Kier alpha value is -3.40. The van der Waals surface area contributed by atoms with Crippen LogP contribution in [0, 0.1) is 17.3 Å². The number of ether oxygens (including phenoxy) is 1. The van der Waals surface area contributed by atoms with E-state index in [4.69, 9.17) is 10.00 Å². The third-order valence-electron chi connectivity index (χ3n) is 3.65. The number of amides is 2. The number of rotatable bonds is 3. The van der Waals surface area contributed by atoms with Gasteiger partial charge in [-0.15, -0.1) is 0 Å². The van der Waals surface area contributed by atoms with Crippen molar-refractivity contribution < 1.29 is 18.7 Å². The van der Waals surface area contributed by atoms with Gasteiger partial charge in [0.1, 0.15) is 12.4 Å². The third kappa shape index (κ3) is 2.90. The van der Waals surface area contributed by atoms with Crippen LogP contribution in [0.5, 0.6) is 0 Å². The minimum Gasteiger partial charge on any atom is -0.447 e. The van der Waals surface area contributed by atoms with Gasteiger partial charge >= 0.3 is 6.09 Å². The third-order valence-corrected chi connectivity index (χ3v) is 3.65. The molecule has 0 bridgehead atoms. The van der Waals surface area contributed by atoms with Crippen molar-refractivity contribution in [3.63, 3.8) is 0 Å². The second-order valence-corrected chi connectivity index (χ2v) is 5.07. The standard InChI is InChI=1S/C17H12FN3O3/c18-15-9-13(21-7-8-24-17(21)23)5-6-14(15)11-1-3-12(4-2-11)16(22)20-10-19/h1-6,9H,7-8H2,(H,20,22). The normalized spacial score (nSPS) is 13.3. The van der Waals surface area contributed by atoms with Crippen molar-refractivity contribution in [2.75, 3.05) is 18.1 Å². The van der Waals surface area contributed by atoms with E-state index in [1.54, 1.807) is 30.5 Å². The molecule has 0 aliphatic carbocycles. The average Bonchev–Trinajstić information content (AvgIpc) is 3.01. The maximum absolute atomic E-state index is 14.4. The van der Waals surface area contributed by atoms with Gasteiger partial charge in [0.25, 0.3) is 5.91 Å². The predicted molar refractivity (Wildman–Crippen MR) is 83.6 cm³/mol. The lowest BCUT2D eigenvalue weighted by molar-refractivity contribution is 0.0973. The van der Waals surface area contributed by atoms with E-state index in [2.05, 4.69) is 0 Å². The molecule has 3 rings (SSSR count). The number of anilines is 1. The van der Waals surface area contributed by atoms with E-state index in [0.29, 0.717) is 28.9 Å². The largest absolute Gasteiger partial charge is 0.447 e. The van der Waals surface area contributed by atoms with Crippen molar-refractivity contribution >= 4 is 17.7 Å². The van der Waals surface area contributed by atoms with E-state index in [0.717, 1.165) is 0 Å². The summed E-state index contributed by atoms with van der Waals surface area (Å²) in [6.45, 7) is 0.675. The van der Waals surface area contributed by atoms with Gasteiger partial charge in [0.05, 0.1) is 12.2 Å². The quantitative estimate of drug-likeness (QED) is 0.695. The fraction of sp³-hybridized carbons (Fsp3) is 0.118. The summed E-state index contributed by atoms with van der Waals surface area (Å²) in [6, 6.07) is 10.7. The van der Waals surface area contributed by atoms with E-state index >= 15 is 0 Å². The zero-order valence-electron chi connectivity index (χ0n) is 12.5. The molecule has 7 heteroatoms. The molecule has 0 saturated carbocycles. The Morgan fingerprint density at radius 1 is 1.25 bits per heavy atom. The molecule has 2 aromatic carbocycles. The van der Waals surface area contributed by atoms with E-state index in [-0.39, 0.29) is 6.61 Å².